The Morgan fingerprint density at radius 2 is 1.94 bits per heavy atom. The van der Waals surface area contributed by atoms with E-state index in [1.165, 1.54) is 5.56 Å². The van der Waals surface area contributed by atoms with Gasteiger partial charge in [0.05, 0.1) is 13.2 Å². The molecule has 0 amide bonds. The predicted molar refractivity (Wildman–Crippen MR) is 69.9 cm³/mol. The molecule has 1 atom stereocenters. The largest absolute Gasteiger partial charge is 0.472 e. The molecule has 0 aliphatic heterocycles. The molecule has 0 aromatic heterocycles. The lowest BCUT2D eigenvalue weighted by Crippen LogP contribution is -1.98. The Kier molecular flexibility index (Phi) is 6.38. The van der Waals surface area contributed by atoms with E-state index in [0.717, 1.165) is 10.9 Å². The lowest BCUT2D eigenvalue weighted by molar-refractivity contribution is 0.154. The SMILES string of the molecule is CCOP(=O)(O)OCCCc1ccc(Br)cc1. The van der Waals surface area contributed by atoms with Crippen LogP contribution in [0.2, 0.25) is 0 Å². The second-order valence-corrected chi connectivity index (χ2v) is 5.82. The summed E-state index contributed by atoms with van der Waals surface area (Å²) in [6.45, 7) is 2.03. The number of phosphoric acid groups is 1. The molecule has 1 aromatic rings. The molecule has 0 spiro atoms. The minimum Gasteiger partial charge on any atom is -0.302 e. The molecule has 0 bridgehead atoms. The molecule has 0 fully saturated rings. The highest BCUT2D eigenvalue weighted by Crippen LogP contribution is 2.42. The number of halogens is 1. The van der Waals surface area contributed by atoms with Crippen molar-refractivity contribution in [2.24, 2.45) is 0 Å². The molecule has 1 unspecified atom stereocenters. The third kappa shape index (κ3) is 6.34. The Bertz CT molecular complexity index is 380. The van der Waals surface area contributed by atoms with Crippen LogP contribution in [0.5, 0.6) is 0 Å². The molecular formula is C11H16BrO4P. The van der Waals surface area contributed by atoms with E-state index >= 15 is 0 Å². The minimum absolute atomic E-state index is 0.167. The quantitative estimate of drug-likeness (QED) is 0.616. The smallest absolute Gasteiger partial charge is 0.302 e. The van der Waals surface area contributed by atoms with E-state index < -0.39 is 7.82 Å². The number of aryl methyl sites for hydroxylation is 1. The van der Waals surface area contributed by atoms with Crippen LogP contribution in [0.4, 0.5) is 0 Å². The predicted octanol–water partition coefficient (Wildman–Crippen LogP) is 3.54. The first-order chi connectivity index (χ1) is 8.03. The molecule has 0 heterocycles. The summed E-state index contributed by atoms with van der Waals surface area (Å²) < 4.78 is 21.6. The van der Waals surface area contributed by atoms with Crippen molar-refractivity contribution >= 4 is 23.8 Å². The highest BCUT2D eigenvalue weighted by molar-refractivity contribution is 9.10. The van der Waals surface area contributed by atoms with Crippen LogP contribution in [0, 0.1) is 0 Å². The maximum atomic E-state index is 11.2. The molecule has 0 aliphatic rings. The van der Waals surface area contributed by atoms with Gasteiger partial charge in [-0.1, -0.05) is 28.1 Å². The molecule has 0 aliphatic carbocycles. The summed E-state index contributed by atoms with van der Waals surface area (Å²) >= 11 is 3.36. The van der Waals surface area contributed by atoms with Gasteiger partial charge in [-0.2, -0.15) is 0 Å². The average Bonchev–Trinajstić information content (AvgIpc) is 2.27. The van der Waals surface area contributed by atoms with Crippen molar-refractivity contribution in [2.45, 2.75) is 19.8 Å². The summed E-state index contributed by atoms with van der Waals surface area (Å²) in [5, 5.41) is 0. The standard InChI is InChI=1S/C11H16BrO4P/c1-2-15-17(13,14)16-9-3-4-10-5-7-11(12)8-6-10/h5-8H,2-4,9H2,1H3,(H,13,14). The summed E-state index contributed by atoms with van der Waals surface area (Å²) in [5.41, 5.74) is 1.17. The van der Waals surface area contributed by atoms with Crippen molar-refractivity contribution in [3.8, 4) is 0 Å². The van der Waals surface area contributed by atoms with E-state index in [4.69, 9.17) is 9.42 Å². The molecule has 17 heavy (non-hydrogen) atoms. The highest BCUT2D eigenvalue weighted by atomic mass is 79.9. The monoisotopic (exact) mass is 322 g/mol. The molecule has 4 nitrogen and oxygen atoms in total. The highest BCUT2D eigenvalue weighted by Gasteiger charge is 2.18. The molecule has 0 radical (unpaired) electrons. The van der Waals surface area contributed by atoms with Crippen LogP contribution in [0.25, 0.3) is 0 Å². The molecule has 1 rings (SSSR count). The Morgan fingerprint density at radius 3 is 2.53 bits per heavy atom. The van der Waals surface area contributed by atoms with Gasteiger partial charge in [0.15, 0.2) is 0 Å². The normalized spacial score (nSPS) is 14.5. The third-order valence-electron chi connectivity index (χ3n) is 2.07. The maximum absolute atomic E-state index is 11.2. The van der Waals surface area contributed by atoms with Crippen molar-refractivity contribution in [3.05, 3.63) is 34.3 Å². The Balaban J connectivity index is 2.24. The topological polar surface area (TPSA) is 55.8 Å². The average molecular weight is 323 g/mol. The van der Waals surface area contributed by atoms with Crippen LogP contribution in [-0.2, 0) is 20.0 Å². The van der Waals surface area contributed by atoms with Crippen molar-refractivity contribution < 1.29 is 18.5 Å². The van der Waals surface area contributed by atoms with Gasteiger partial charge in [-0.3, -0.25) is 9.05 Å². The van der Waals surface area contributed by atoms with Gasteiger partial charge in [-0.15, -0.1) is 0 Å². The Hall–Kier alpha value is -0.190. The van der Waals surface area contributed by atoms with E-state index in [1.54, 1.807) is 6.92 Å². The Morgan fingerprint density at radius 1 is 1.29 bits per heavy atom. The van der Waals surface area contributed by atoms with E-state index in [2.05, 4.69) is 20.5 Å². The van der Waals surface area contributed by atoms with Crippen molar-refractivity contribution in [1.82, 2.24) is 0 Å². The van der Waals surface area contributed by atoms with Crippen molar-refractivity contribution in [1.29, 1.82) is 0 Å². The van der Waals surface area contributed by atoms with Crippen molar-refractivity contribution in [2.75, 3.05) is 13.2 Å². The van der Waals surface area contributed by atoms with Crippen LogP contribution in [0.3, 0.4) is 0 Å². The summed E-state index contributed by atoms with van der Waals surface area (Å²) in [6.07, 6.45) is 1.48. The molecule has 0 saturated carbocycles. The minimum atomic E-state index is -3.83. The van der Waals surface area contributed by atoms with Crippen LogP contribution < -0.4 is 0 Å². The number of benzene rings is 1. The number of phosphoric ester groups is 1. The van der Waals surface area contributed by atoms with E-state index in [-0.39, 0.29) is 13.2 Å². The third-order valence-corrected chi connectivity index (χ3v) is 3.69. The first-order valence-corrected chi connectivity index (χ1v) is 7.68. The van der Waals surface area contributed by atoms with Gasteiger partial charge in [0.25, 0.3) is 0 Å². The van der Waals surface area contributed by atoms with E-state index in [1.807, 2.05) is 24.3 Å². The van der Waals surface area contributed by atoms with Gasteiger partial charge < -0.3 is 4.89 Å². The molecular weight excluding hydrogens is 307 g/mol. The first-order valence-electron chi connectivity index (χ1n) is 5.40. The molecule has 0 saturated heterocycles. The fourth-order valence-corrected chi connectivity index (χ4v) is 2.33. The maximum Gasteiger partial charge on any atom is 0.472 e. The van der Waals surface area contributed by atoms with Gasteiger partial charge in [0, 0.05) is 4.47 Å². The van der Waals surface area contributed by atoms with Gasteiger partial charge in [0.1, 0.15) is 0 Å². The zero-order chi connectivity index (χ0) is 12.7. The fraction of sp³-hybridized carbons (Fsp3) is 0.455. The summed E-state index contributed by atoms with van der Waals surface area (Å²) in [4.78, 5) is 9.15. The van der Waals surface area contributed by atoms with E-state index in [9.17, 15) is 4.57 Å². The van der Waals surface area contributed by atoms with Gasteiger partial charge in [-0.25, -0.2) is 4.57 Å². The van der Waals surface area contributed by atoms with Crippen LogP contribution in [0.1, 0.15) is 18.9 Å². The van der Waals surface area contributed by atoms with E-state index in [0.29, 0.717) is 6.42 Å². The summed E-state index contributed by atoms with van der Waals surface area (Å²) in [5.74, 6) is 0. The number of hydrogen-bond acceptors (Lipinski definition) is 3. The Labute approximate surface area is 110 Å². The number of hydrogen-bond donors (Lipinski definition) is 1. The molecule has 1 N–H and O–H groups in total. The summed E-state index contributed by atoms with van der Waals surface area (Å²) in [6, 6.07) is 7.94. The van der Waals surface area contributed by atoms with Crippen LogP contribution in [-0.4, -0.2) is 18.1 Å². The number of rotatable bonds is 7. The van der Waals surface area contributed by atoms with Crippen LogP contribution >= 0.6 is 23.8 Å². The van der Waals surface area contributed by atoms with Gasteiger partial charge in [-0.05, 0) is 37.5 Å². The fourth-order valence-electron chi connectivity index (χ4n) is 1.31. The zero-order valence-corrected chi connectivity index (χ0v) is 12.1. The molecule has 96 valence electrons. The first kappa shape index (κ1) is 14.9. The van der Waals surface area contributed by atoms with Crippen molar-refractivity contribution in [3.63, 3.8) is 0 Å². The molecule has 6 heteroatoms. The van der Waals surface area contributed by atoms with Gasteiger partial charge >= 0.3 is 7.82 Å². The second kappa shape index (κ2) is 7.29. The van der Waals surface area contributed by atoms with Crippen LogP contribution in [0.15, 0.2) is 28.7 Å². The lowest BCUT2D eigenvalue weighted by atomic mass is 10.1. The zero-order valence-electron chi connectivity index (χ0n) is 9.63. The second-order valence-electron chi connectivity index (χ2n) is 3.45. The molecule has 1 aromatic carbocycles. The van der Waals surface area contributed by atoms with Gasteiger partial charge in [0.2, 0.25) is 0 Å². The lowest BCUT2D eigenvalue weighted by Gasteiger charge is -2.10. The summed E-state index contributed by atoms with van der Waals surface area (Å²) in [7, 11) is -3.83.